The maximum atomic E-state index is 4.19. The highest BCUT2D eigenvalue weighted by Gasteiger charge is 1.83. The van der Waals surface area contributed by atoms with Gasteiger partial charge in [-0.05, 0) is 29.8 Å². The standard InChI is InChI=1S/C14H12N2/c1(6-13-7-5-10-15-12-13)2-8-14-9-3-4-11-16-14/h1-12H. The number of pyridine rings is 2. The molecule has 0 bridgehead atoms. The first-order valence-corrected chi connectivity index (χ1v) is 5.11. The molecule has 0 spiro atoms. The summed E-state index contributed by atoms with van der Waals surface area (Å²) in [4.78, 5) is 8.22. The lowest BCUT2D eigenvalue weighted by molar-refractivity contribution is 1.30. The highest BCUT2D eigenvalue weighted by molar-refractivity contribution is 5.54. The van der Waals surface area contributed by atoms with E-state index in [1.54, 1.807) is 12.4 Å². The lowest BCUT2D eigenvalue weighted by atomic mass is 10.2. The Morgan fingerprint density at radius 3 is 2.56 bits per heavy atom. The second-order valence-corrected chi connectivity index (χ2v) is 3.26. The van der Waals surface area contributed by atoms with Crippen LogP contribution in [0.5, 0.6) is 0 Å². The van der Waals surface area contributed by atoms with Crippen molar-refractivity contribution in [2.75, 3.05) is 0 Å². The Morgan fingerprint density at radius 1 is 0.875 bits per heavy atom. The van der Waals surface area contributed by atoms with E-state index in [4.69, 9.17) is 0 Å². The fourth-order valence-corrected chi connectivity index (χ4v) is 1.27. The van der Waals surface area contributed by atoms with Gasteiger partial charge in [-0.3, -0.25) is 9.97 Å². The molecule has 0 amide bonds. The first-order valence-electron chi connectivity index (χ1n) is 5.11. The lowest BCUT2D eigenvalue weighted by Gasteiger charge is -1.89. The normalized spacial score (nSPS) is 11.2. The zero-order valence-electron chi connectivity index (χ0n) is 8.82. The second-order valence-electron chi connectivity index (χ2n) is 3.26. The highest BCUT2D eigenvalue weighted by Crippen LogP contribution is 2.00. The Morgan fingerprint density at radius 2 is 1.81 bits per heavy atom. The Kier molecular flexibility index (Phi) is 3.61. The van der Waals surface area contributed by atoms with Crippen LogP contribution >= 0.6 is 0 Å². The van der Waals surface area contributed by atoms with Crippen LogP contribution in [-0.4, -0.2) is 9.97 Å². The molecule has 0 radical (unpaired) electrons. The molecule has 0 aromatic carbocycles. The van der Waals surface area contributed by atoms with Crippen molar-refractivity contribution in [1.82, 2.24) is 9.97 Å². The maximum absolute atomic E-state index is 4.19. The van der Waals surface area contributed by atoms with Gasteiger partial charge in [-0.15, -0.1) is 0 Å². The van der Waals surface area contributed by atoms with Gasteiger partial charge < -0.3 is 0 Å². The van der Waals surface area contributed by atoms with E-state index >= 15 is 0 Å². The van der Waals surface area contributed by atoms with Crippen LogP contribution in [0.25, 0.3) is 12.2 Å². The molecule has 2 rings (SSSR count). The SMILES string of the molecule is C(C=Cc1ccccn1)=Cc1cccnc1. The smallest absolute Gasteiger partial charge is 0.0629 e. The van der Waals surface area contributed by atoms with E-state index in [0.29, 0.717) is 0 Å². The average Bonchev–Trinajstić information content (AvgIpc) is 2.37. The molecule has 0 unspecified atom stereocenters. The van der Waals surface area contributed by atoms with Gasteiger partial charge in [-0.1, -0.05) is 30.4 Å². The summed E-state index contributed by atoms with van der Waals surface area (Å²) in [5, 5.41) is 0. The van der Waals surface area contributed by atoms with Crippen molar-refractivity contribution in [1.29, 1.82) is 0 Å². The van der Waals surface area contributed by atoms with E-state index in [2.05, 4.69) is 9.97 Å². The molecule has 2 heterocycles. The first kappa shape index (κ1) is 10.3. The molecule has 78 valence electrons. The number of hydrogen-bond donors (Lipinski definition) is 0. The molecule has 0 fully saturated rings. The molecule has 0 aliphatic heterocycles. The fraction of sp³-hybridized carbons (Fsp3) is 0. The van der Waals surface area contributed by atoms with E-state index in [0.717, 1.165) is 11.3 Å². The minimum absolute atomic E-state index is 0.957. The minimum atomic E-state index is 0.957. The summed E-state index contributed by atoms with van der Waals surface area (Å²) in [7, 11) is 0. The molecule has 2 aromatic rings. The van der Waals surface area contributed by atoms with Gasteiger partial charge >= 0.3 is 0 Å². The molecule has 0 aliphatic rings. The largest absolute Gasteiger partial charge is 0.264 e. The Bertz CT molecular complexity index is 425. The van der Waals surface area contributed by atoms with Gasteiger partial charge in [-0.2, -0.15) is 0 Å². The monoisotopic (exact) mass is 208 g/mol. The summed E-state index contributed by atoms with van der Waals surface area (Å²) in [6.45, 7) is 0. The first-order chi connectivity index (χ1) is 7.95. The molecular weight excluding hydrogens is 196 g/mol. The van der Waals surface area contributed by atoms with Crippen LogP contribution in [0, 0.1) is 0 Å². The van der Waals surface area contributed by atoms with Gasteiger partial charge in [0.15, 0.2) is 0 Å². The number of hydrogen-bond acceptors (Lipinski definition) is 2. The molecule has 0 saturated heterocycles. The highest BCUT2D eigenvalue weighted by atomic mass is 14.6. The van der Waals surface area contributed by atoms with Crippen LogP contribution in [0.2, 0.25) is 0 Å². The Labute approximate surface area is 95.0 Å². The lowest BCUT2D eigenvalue weighted by Crippen LogP contribution is -1.75. The van der Waals surface area contributed by atoms with E-state index in [-0.39, 0.29) is 0 Å². The van der Waals surface area contributed by atoms with E-state index in [9.17, 15) is 0 Å². The minimum Gasteiger partial charge on any atom is -0.264 e. The van der Waals surface area contributed by atoms with Gasteiger partial charge in [0.1, 0.15) is 0 Å². The second kappa shape index (κ2) is 5.61. The third-order valence-corrected chi connectivity index (χ3v) is 2.04. The van der Waals surface area contributed by atoms with Gasteiger partial charge in [0.2, 0.25) is 0 Å². The third kappa shape index (κ3) is 3.17. The fourth-order valence-electron chi connectivity index (χ4n) is 1.27. The van der Waals surface area contributed by atoms with Crippen LogP contribution in [0.15, 0.2) is 61.1 Å². The number of aromatic nitrogens is 2. The molecule has 0 N–H and O–H groups in total. The quantitative estimate of drug-likeness (QED) is 0.724. The zero-order chi connectivity index (χ0) is 11.1. The molecule has 0 aliphatic carbocycles. The summed E-state index contributed by atoms with van der Waals surface area (Å²) >= 11 is 0. The van der Waals surface area contributed by atoms with Gasteiger partial charge in [0.05, 0.1) is 5.69 Å². The van der Waals surface area contributed by atoms with Crippen molar-refractivity contribution in [2.24, 2.45) is 0 Å². The van der Waals surface area contributed by atoms with Crippen molar-refractivity contribution in [3.63, 3.8) is 0 Å². The van der Waals surface area contributed by atoms with E-state index in [1.807, 2.05) is 60.8 Å². The molecule has 0 saturated carbocycles. The molecule has 16 heavy (non-hydrogen) atoms. The van der Waals surface area contributed by atoms with Crippen LogP contribution in [-0.2, 0) is 0 Å². The predicted octanol–water partition coefficient (Wildman–Crippen LogP) is 3.20. The molecular formula is C14H12N2. The average molecular weight is 208 g/mol. The predicted molar refractivity (Wildman–Crippen MR) is 66.5 cm³/mol. The van der Waals surface area contributed by atoms with Gasteiger partial charge in [0, 0.05) is 18.6 Å². The maximum Gasteiger partial charge on any atom is 0.0629 e. The number of allylic oxidation sites excluding steroid dienone is 2. The van der Waals surface area contributed by atoms with Crippen LogP contribution in [0.4, 0.5) is 0 Å². The van der Waals surface area contributed by atoms with E-state index in [1.165, 1.54) is 0 Å². The van der Waals surface area contributed by atoms with Crippen LogP contribution < -0.4 is 0 Å². The van der Waals surface area contributed by atoms with Gasteiger partial charge in [0.25, 0.3) is 0 Å². The summed E-state index contributed by atoms with van der Waals surface area (Å²) in [6, 6.07) is 9.77. The van der Waals surface area contributed by atoms with Crippen molar-refractivity contribution in [2.45, 2.75) is 0 Å². The zero-order valence-corrected chi connectivity index (χ0v) is 8.82. The summed E-state index contributed by atoms with van der Waals surface area (Å²) in [6.07, 6.45) is 13.3. The number of nitrogens with zero attached hydrogens (tertiary/aromatic N) is 2. The summed E-state index contributed by atoms with van der Waals surface area (Å²) in [5.74, 6) is 0. The molecule has 2 nitrogen and oxygen atoms in total. The van der Waals surface area contributed by atoms with Crippen molar-refractivity contribution in [3.8, 4) is 0 Å². The van der Waals surface area contributed by atoms with Gasteiger partial charge in [-0.25, -0.2) is 0 Å². The van der Waals surface area contributed by atoms with E-state index < -0.39 is 0 Å². The topological polar surface area (TPSA) is 25.8 Å². The van der Waals surface area contributed by atoms with Crippen molar-refractivity contribution < 1.29 is 0 Å². The molecule has 2 aromatic heterocycles. The summed E-state index contributed by atoms with van der Waals surface area (Å²) in [5.41, 5.74) is 2.05. The Balaban J connectivity index is 1.98. The summed E-state index contributed by atoms with van der Waals surface area (Å²) < 4.78 is 0. The van der Waals surface area contributed by atoms with Crippen molar-refractivity contribution >= 4 is 12.2 Å². The molecule has 2 heteroatoms. The number of rotatable bonds is 3. The van der Waals surface area contributed by atoms with Crippen molar-refractivity contribution in [3.05, 3.63) is 72.3 Å². The van der Waals surface area contributed by atoms with Crippen LogP contribution in [0.3, 0.4) is 0 Å². The third-order valence-electron chi connectivity index (χ3n) is 2.04. The van der Waals surface area contributed by atoms with Crippen LogP contribution in [0.1, 0.15) is 11.3 Å². The molecule has 0 atom stereocenters. The Hall–Kier alpha value is -2.22.